The summed E-state index contributed by atoms with van der Waals surface area (Å²) in [4.78, 5) is 26.1. The summed E-state index contributed by atoms with van der Waals surface area (Å²) in [7, 11) is 0. The zero-order valence-electron chi connectivity index (χ0n) is 14.3. The minimum absolute atomic E-state index is 0.0563. The van der Waals surface area contributed by atoms with Crippen LogP contribution in [0.15, 0.2) is 48.5 Å². The van der Waals surface area contributed by atoms with Gasteiger partial charge >= 0.3 is 6.36 Å². The van der Waals surface area contributed by atoms with Gasteiger partial charge in [0, 0.05) is 25.1 Å². The minimum atomic E-state index is -4.82. The molecule has 1 aliphatic heterocycles. The summed E-state index contributed by atoms with van der Waals surface area (Å²) in [6, 6.07) is 12.3. The Morgan fingerprint density at radius 1 is 1.11 bits per heavy atom. The van der Waals surface area contributed by atoms with Crippen LogP contribution in [0.4, 0.5) is 18.9 Å². The van der Waals surface area contributed by atoms with Crippen LogP contribution in [0.25, 0.3) is 0 Å². The lowest BCUT2D eigenvalue weighted by Crippen LogP contribution is -2.29. The fourth-order valence-corrected chi connectivity index (χ4v) is 2.95. The van der Waals surface area contributed by atoms with E-state index in [1.54, 1.807) is 35.2 Å². The number of nitrogens with one attached hydrogen (secondary N) is 1. The number of carbonyl (C=O) groups excluding carboxylic acids is 2. The highest BCUT2D eigenvalue weighted by atomic mass is 19.4. The van der Waals surface area contributed by atoms with Crippen molar-refractivity contribution in [3.05, 3.63) is 59.7 Å². The first-order valence-corrected chi connectivity index (χ1v) is 8.36. The molecule has 0 aliphatic carbocycles. The Bertz CT molecular complexity index is 852. The van der Waals surface area contributed by atoms with Gasteiger partial charge in [-0.1, -0.05) is 30.3 Å². The Kier molecular flexibility index (Phi) is 5.34. The van der Waals surface area contributed by atoms with Gasteiger partial charge < -0.3 is 15.0 Å². The molecular formula is C19H17F3N2O3. The molecule has 1 fully saturated rings. The van der Waals surface area contributed by atoms with Gasteiger partial charge in [-0.2, -0.15) is 0 Å². The molecule has 2 aromatic rings. The zero-order chi connectivity index (χ0) is 19.4. The predicted molar refractivity (Wildman–Crippen MR) is 92.3 cm³/mol. The second-order valence-electron chi connectivity index (χ2n) is 6.00. The van der Waals surface area contributed by atoms with Crippen LogP contribution in [0.5, 0.6) is 5.75 Å². The molecular weight excluding hydrogens is 361 g/mol. The van der Waals surface area contributed by atoms with E-state index in [0.29, 0.717) is 24.2 Å². The standard InChI is InChI=1S/C19H17F3N2O3/c20-19(21,22)27-16-9-4-1-6-13(16)12-23-18(26)14-7-2-3-8-15(14)24-11-5-10-17(24)25/h1-4,6-9H,5,10-12H2,(H,23,26). The van der Waals surface area contributed by atoms with E-state index in [4.69, 9.17) is 0 Å². The highest BCUT2D eigenvalue weighted by Gasteiger charge is 2.32. The highest BCUT2D eigenvalue weighted by Crippen LogP contribution is 2.27. The van der Waals surface area contributed by atoms with Crippen molar-refractivity contribution in [2.75, 3.05) is 11.4 Å². The number of para-hydroxylation sites is 2. The van der Waals surface area contributed by atoms with Gasteiger partial charge in [-0.3, -0.25) is 9.59 Å². The third-order valence-electron chi connectivity index (χ3n) is 4.15. The van der Waals surface area contributed by atoms with Crippen molar-refractivity contribution < 1.29 is 27.5 Å². The Morgan fingerprint density at radius 2 is 1.81 bits per heavy atom. The van der Waals surface area contributed by atoms with Gasteiger partial charge in [0.25, 0.3) is 5.91 Å². The minimum Gasteiger partial charge on any atom is -0.405 e. The molecule has 1 aliphatic rings. The lowest BCUT2D eigenvalue weighted by molar-refractivity contribution is -0.274. The molecule has 0 bridgehead atoms. The van der Waals surface area contributed by atoms with E-state index in [2.05, 4.69) is 10.1 Å². The molecule has 0 radical (unpaired) electrons. The fourth-order valence-electron chi connectivity index (χ4n) is 2.95. The van der Waals surface area contributed by atoms with Crippen molar-refractivity contribution >= 4 is 17.5 Å². The molecule has 5 nitrogen and oxygen atoms in total. The number of halogens is 3. The average molecular weight is 378 g/mol. The number of benzene rings is 2. The third kappa shape index (κ3) is 4.58. The third-order valence-corrected chi connectivity index (χ3v) is 4.15. The summed E-state index contributed by atoms with van der Waals surface area (Å²) in [5, 5.41) is 2.60. The van der Waals surface area contributed by atoms with E-state index >= 15 is 0 Å². The van der Waals surface area contributed by atoms with Gasteiger partial charge in [-0.25, -0.2) is 0 Å². The Labute approximate surface area is 153 Å². The number of rotatable bonds is 5. The number of ether oxygens (including phenoxy) is 1. The lowest BCUT2D eigenvalue weighted by atomic mass is 10.1. The Hall–Kier alpha value is -3.03. The topological polar surface area (TPSA) is 58.6 Å². The molecule has 2 aromatic carbocycles. The maximum absolute atomic E-state index is 12.6. The van der Waals surface area contributed by atoms with E-state index in [1.807, 2.05) is 0 Å². The molecule has 142 valence electrons. The van der Waals surface area contributed by atoms with E-state index in [-0.39, 0.29) is 23.8 Å². The maximum Gasteiger partial charge on any atom is 0.573 e. The molecule has 3 rings (SSSR count). The Morgan fingerprint density at radius 3 is 2.52 bits per heavy atom. The first-order valence-electron chi connectivity index (χ1n) is 8.36. The van der Waals surface area contributed by atoms with Crippen LogP contribution >= 0.6 is 0 Å². The molecule has 0 aromatic heterocycles. The van der Waals surface area contributed by atoms with E-state index in [9.17, 15) is 22.8 Å². The summed E-state index contributed by atoms with van der Waals surface area (Å²) >= 11 is 0. The molecule has 0 atom stereocenters. The highest BCUT2D eigenvalue weighted by molar-refractivity contribution is 6.05. The van der Waals surface area contributed by atoms with Gasteiger partial charge in [0.2, 0.25) is 5.91 Å². The number of hydrogen-bond acceptors (Lipinski definition) is 3. The first kappa shape index (κ1) is 18.8. The van der Waals surface area contributed by atoms with Gasteiger partial charge in [-0.05, 0) is 24.6 Å². The van der Waals surface area contributed by atoms with Crippen molar-refractivity contribution in [1.82, 2.24) is 5.32 Å². The lowest BCUT2D eigenvalue weighted by Gasteiger charge is -2.19. The van der Waals surface area contributed by atoms with Crippen molar-refractivity contribution in [3.63, 3.8) is 0 Å². The van der Waals surface area contributed by atoms with Crippen LogP contribution in [0, 0.1) is 0 Å². The van der Waals surface area contributed by atoms with Crippen LogP contribution in [-0.4, -0.2) is 24.7 Å². The molecule has 1 saturated heterocycles. The van der Waals surface area contributed by atoms with Crippen LogP contribution in [0.2, 0.25) is 0 Å². The quantitative estimate of drug-likeness (QED) is 0.864. The molecule has 8 heteroatoms. The number of nitrogens with zero attached hydrogens (tertiary/aromatic N) is 1. The normalized spacial score (nSPS) is 14.3. The van der Waals surface area contributed by atoms with E-state index < -0.39 is 12.3 Å². The molecule has 27 heavy (non-hydrogen) atoms. The molecule has 1 heterocycles. The van der Waals surface area contributed by atoms with Crippen molar-refractivity contribution in [2.45, 2.75) is 25.7 Å². The van der Waals surface area contributed by atoms with Gasteiger partial charge in [0.05, 0.1) is 11.3 Å². The monoisotopic (exact) mass is 378 g/mol. The second kappa shape index (κ2) is 7.69. The van der Waals surface area contributed by atoms with Crippen molar-refractivity contribution in [2.24, 2.45) is 0 Å². The number of anilines is 1. The van der Waals surface area contributed by atoms with Crippen LogP contribution < -0.4 is 15.0 Å². The van der Waals surface area contributed by atoms with Crippen molar-refractivity contribution in [1.29, 1.82) is 0 Å². The maximum atomic E-state index is 12.6. The molecule has 0 unspecified atom stereocenters. The smallest absolute Gasteiger partial charge is 0.405 e. The number of alkyl halides is 3. The molecule has 0 saturated carbocycles. The first-order chi connectivity index (χ1) is 12.8. The summed E-state index contributed by atoms with van der Waals surface area (Å²) in [6.07, 6.45) is -3.67. The molecule has 0 spiro atoms. The van der Waals surface area contributed by atoms with Crippen LogP contribution in [-0.2, 0) is 11.3 Å². The van der Waals surface area contributed by atoms with Gasteiger partial charge in [-0.15, -0.1) is 13.2 Å². The summed E-state index contributed by atoms with van der Waals surface area (Å²) in [6.45, 7) is 0.388. The number of hydrogen-bond donors (Lipinski definition) is 1. The van der Waals surface area contributed by atoms with Crippen LogP contribution in [0.1, 0.15) is 28.8 Å². The van der Waals surface area contributed by atoms with Gasteiger partial charge in [0.1, 0.15) is 5.75 Å². The number of amides is 2. The molecule has 1 N–H and O–H groups in total. The molecule has 2 amide bonds. The fraction of sp³-hybridized carbons (Fsp3) is 0.263. The van der Waals surface area contributed by atoms with E-state index in [0.717, 1.165) is 6.42 Å². The van der Waals surface area contributed by atoms with Crippen molar-refractivity contribution in [3.8, 4) is 5.75 Å². The summed E-state index contributed by atoms with van der Waals surface area (Å²) in [5.41, 5.74) is 0.984. The van der Waals surface area contributed by atoms with E-state index in [1.165, 1.54) is 18.2 Å². The average Bonchev–Trinajstić information content (AvgIpc) is 3.05. The Balaban J connectivity index is 1.75. The SMILES string of the molecule is O=C(NCc1ccccc1OC(F)(F)F)c1ccccc1N1CCCC1=O. The summed E-state index contributed by atoms with van der Waals surface area (Å²) in [5.74, 6) is -0.903. The largest absolute Gasteiger partial charge is 0.573 e. The zero-order valence-corrected chi connectivity index (χ0v) is 14.3. The second-order valence-corrected chi connectivity index (χ2v) is 6.00. The van der Waals surface area contributed by atoms with Crippen LogP contribution in [0.3, 0.4) is 0 Å². The predicted octanol–water partition coefficient (Wildman–Crippen LogP) is 3.64. The van der Waals surface area contributed by atoms with Gasteiger partial charge in [0.15, 0.2) is 0 Å². The number of carbonyl (C=O) groups is 2. The summed E-state index contributed by atoms with van der Waals surface area (Å²) < 4.78 is 41.5.